The van der Waals surface area contributed by atoms with Crippen molar-refractivity contribution in [2.75, 3.05) is 26.2 Å². The number of piperidine rings is 1. The van der Waals surface area contributed by atoms with Gasteiger partial charge in [-0.05, 0) is 37.9 Å². The van der Waals surface area contributed by atoms with E-state index in [1.807, 2.05) is 24.4 Å². The molecule has 3 rings (SSSR count). The molecule has 2 aromatic rings. The molecule has 1 fully saturated rings. The predicted octanol–water partition coefficient (Wildman–Crippen LogP) is 1.29. The minimum absolute atomic E-state index is 0.273. The Kier molecular flexibility index (Phi) is 3.75. The molecular weight excluding hydrogens is 240 g/mol. The maximum absolute atomic E-state index is 8.93. The van der Waals surface area contributed by atoms with Gasteiger partial charge in [0.15, 0.2) is 5.65 Å². The summed E-state index contributed by atoms with van der Waals surface area (Å²) >= 11 is 0. The SMILES string of the molecule is OCCCN1CCCC(c2nnc3ccccn23)C1. The topological polar surface area (TPSA) is 53.7 Å². The molecule has 5 nitrogen and oxygen atoms in total. The van der Waals surface area contributed by atoms with E-state index in [4.69, 9.17) is 5.11 Å². The first-order chi connectivity index (χ1) is 9.38. The number of nitrogens with zero attached hydrogens (tertiary/aromatic N) is 4. The van der Waals surface area contributed by atoms with Crippen LogP contribution in [0.15, 0.2) is 24.4 Å². The Morgan fingerprint density at radius 3 is 3.16 bits per heavy atom. The summed E-state index contributed by atoms with van der Waals surface area (Å²) in [5.74, 6) is 1.52. The van der Waals surface area contributed by atoms with Crippen LogP contribution in [0.5, 0.6) is 0 Å². The van der Waals surface area contributed by atoms with Gasteiger partial charge in [0.1, 0.15) is 5.82 Å². The van der Waals surface area contributed by atoms with Crippen molar-refractivity contribution in [2.45, 2.75) is 25.2 Å². The van der Waals surface area contributed by atoms with Crippen molar-refractivity contribution in [3.05, 3.63) is 30.2 Å². The lowest BCUT2D eigenvalue weighted by atomic mass is 9.97. The van der Waals surface area contributed by atoms with Crippen LogP contribution in [0.3, 0.4) is 0 Å². The number of hydrogen-bond donors (Lipinski definition) is 1. The van der Waals surface area contributed by atoms with Crippen LogP contribution in [-0.2, 0) is 0 Å². The number of hydrogen-bond acceptors (Lipinski definition) is 4. The summed E-state index contributed by atoms with van der Waals surface area (Å²) in [6.07, 6.45) is 5.26. The third-order valence-corrected chi connectivity index (χ3v) is 3.84. The molecule has 1 N–H and O–H groups in total. The van der Waals surface area contributed by atoms with Crippen LogP contribution in [0.2, 0.25) is 0 Å². The number of rotatable bonds is 4. The number of aliphatic hydroxyl groups excluding tert-OH is 1. The van der Waals surface area contributed by atoms with Crippen LogP contribution in [0.25, 0.3) is 5.65 Å². The molecule has 0 saturated carbocycles. The zero-order valence-corrected chi connectivity index (χ0v) is 11.1. The maximum Gasteiger partial charge on any atom is 0.160 e. The lowest BCUT2D eigenvalue weighted by Crippen LogP contribution is -2.36. The quantitative estimate of drug-likeness (QED) is 0.900. The molecule has 2 aromatic heterocycles. The van der Waals surface area contributed by atoms with E-state index in [0.717, 1.165) is 37.5 Å². The van der Waals surface area contributed by atoms with Crippen molar-refractivity contribution in [1.29, 1.82) is 0 Å². The second-order valence-corrected chi connectivity index (χ2v) is 5.20. The van der Waals surface area contributed by atoms with Crippen molar-refractivity contribution in [3.8, 4) is 0 Å². The molecule has 0 aliphatic carbocycles. The maximum atomic E-state index is 8.93. The number of pyridine rings is 1. The van der Waals surface area contributed by atoms with Crippen LogP contribution in [0, 0.1) is 0 Å². The first kappa shape index (κ1) is 12.6. The van der Waals surface area contributed by atoms with E-state index in [-0.39, 0.29) is 6.61 Å². The van der Waals surface area contributed by atoms with E-state index in [1.165, 1.54) is 12.8 Å². The van der Waals surface area contributed by atoms with E-state index in [0.29, 0.717) is 5.92 Å². The highest BCUT2D eigenvalue weighted by molar-refractivity contribution is 5.37. The fraction of sp³-hybridized carbons (Fsp3) is 0.571. The van der Waals surface area contributed by atoms with Crippen LogP contribution < -0.4 is 0 Å². The Morgan fingerprint density at radius 2 is 2.26 bits per heavy atom. The highest BCUT2D eigenvalue weighted by Gasteiger charge is 2.24. The van der Waals surface area contributed by atoms with Crippen molar-refractivity contribution < 1.29 is 5.11 Å². The van der Waals surface area contributed by atoms with Gasteiger partial charge in [-0.2, -0.15) is 0 Å². The molecule has 0 spiro atoms. The van der Waals surface area contributed by atoms with Gasteiger partial charge >= 0.3 is 0 Å². The van der Waals surface area contributed by atoms with Gasteiger partial charge in [-0.1, -0.05) is 6.07 Å². The number of fused-ring (bicyclic) bond motifs is 1. The number of aromatic nitrogens is 3. The lowest BCUT2D eigenvalue weighted by molar-refractivity contribution is 0.181. The first-order valence-corrected chi connectivity index (χ1v) is 7.01. The van der Waals surface area contributed by atoms with Crippen molar-refractivity contribution in [2.24, 2.45) is 0 Å². The van der Waals surface area contributed by atoms with Gasteiger partial charge < -0.3 is 10.0 Å². The van der Waals surface area contributed by atoms with Gasteiger partial charge in [0, 0.05) is 31.8 Å². The number of aliphatic hydroxyl groups is 1. The predicted molar refractivity (Wildman–Crippen MR) is 73.1 cm³/mol. The molecule has 0 amide bonds. The zero-order chi connectivity index (χ0) is 13.1. The summed E-state index contributed by atoms with van der Waals surface area (Å²) in [4.78, 5) is 2.42. The van der Waals surface area contributed by atoms with Gasteiger partial charge in [-0.15, -0.1) is 10.2 Å². The second kappa shape index (κ2) is 5.67. The molecule has 1 saturated heterocycles. The standard InChI is InChI=1S/C14H20N4O/c19-10-4-8-17-7-3-5-12(11-17)14-16-15-13-6-1-2-9-18(13)14/h1-2,6,9,12,19H,3-5,7-8,10-11H2. The Balaban J connectivity index is 1.77. The summed E-state index contributed by atoms with van der Waals surface area (Å²) in [6.45, 7) is 3.40. The van der Waals surface area contributed by atoms with E-state index in [1.54, 1.807) is 0 Å². The Morgan fingerprint density at radius 1 is 1.32 bits per heavy atom. The molecule has 1 aliphatic heterocycles. The van der Waals surface area contributed by atoms with Crippen LogP contribution in [-0.4, -0.2) is 50.8 Å². The Hall–Kier alpha value is -1.46. The summed E-state index contributed by atoms with van der Waals surface area (Å²) in [5.41, 5.74) is 0.921. The van der Waals surface area contributed by atoms with Crippen molar-refractivity contribution >= 4 is 5.65 Å². The second-order valence-electron chi connectivity index (χ2n) is 5.20. The van der Waals surface area contributed by atoms with Gasteiger partial charge in [0.2, 0.25) is 0 Å². The van der Waals surface area contributed by atoms with Gasteiger partial charge in [0.25, 0.3) is 0 Å². The fourth-order valence-electron chi connectivity index (χ4n) is 2.90. The molecule has 0 bridgehead atoms. The average molecular weight is 260 g/mol. The average Bonchev–Trinajstić information content (AvgIpc) is 2.89. The fourth-order valence-corrected chi connectivity index (χ4v) is 2.90. The minimum Gasteiger partial charge on any atom is -0.396 e. The highest BCUT2D eigenvalue weighted by Crippen LogP contribution is 2.25. The monoisotopic (exact) mass is 260 g/mol. The molecule has 0 radical (unpaired) electrons. The van der Waals surface area contributed by atoms with Crippen molar-refractivity contribution in [3.63, 3.8) is 0 Å². The van der Waals surface area contributed by atoms with E-state index >= 15 is 0 Å². The van der Waals surface area contributed by atoms with Gasteiger partial charge in [-0.3, -0.25) is 4.40 Å². The summed E-state index contributed by atoms with van der Waals surface area (Å²) in [7, 11) is 0. The van der Waals surface area contributed by atoms with E-state index < -0.39 is 0 Å². The van der Waals surface area contributed by atoms with Gasteiger partial charge in [-0.25, -0.2) is 0 Å². The zero-order valence-electron chi connectivity index (χ0n) is 11.1. The Labute approximate surface area is 112 Å². The van der Waals surface area contributed by atoms with Gasteiger partial charge in [0.05, 0.1) is 0 Å². The molecule has 1 unspecified atom stereocenters. The minimum atomic E-state index is 0.273. The summed E-state index contributed by atoms with van der Waals surface area (Å²) in [6, 6.07) is 6.00. The molecule has 3 heterocycles. The first-order valence-electron chi connectivity index (χ1n) is 7.01. The molecule has 1 aliphatic rings. The third kappa shape index (κ3) is 2.62. The molecule has 102 valence electrons. The smallest absolute Gasteiger partial charge is 0.160 e. The molecule has 0 aromatic carbocycles. The van der Waals surface area contributed by atoms with E-state index in [9.17, 15) is 0 Å². The largest absolute Gasteiger partial charge is 0.396 e. The lowest BCUT2D eigenvalue weighted by Gasteiger charge is -2.31. The molecular formula is C14H20N4O. The molecule has 5 heteroatoms. The van der Waals surface area contributed by atoms with Crippen LogP contribution in [0.4, 0.5) is 0 Å². The third-order valence-electron chi connectivity index (χ3n) is 3.84. The van der Waals surface area contributed by atoms with E-state index in [2.05, 4.69) is 19.5 Å². The Bertz CT molecular complexity index is 539. The summed E-state index contributed by atoms with van der Waals surface area (Å²) < 4.78 is 2.10. The summed E-state index contributed by atoms with van der Waals surface area (Å²) in [5, 5.41) is 17.5. The normalized spacial score (nSPS) is 21.0. The molecule has 1 atom stereocenters. The highest BCUT2D eigenvalue weighted by atomic mass is 16.3. The van der Waals surface area contributed by atoms with Crippen LogP contribution >= 0.6 is 0 Å². The van der Waals surface area contributed by atoms with Crippen molar-refractivity contribution in [1.82, 2.24) is 19.5 Å². The van der Waals surface area contributed by atoms with Crippen LogP contribution in [0.1, 0.15) is 31.0 Å². The number of likely N-dealkylation sites (tertiary alicyclic amines) is 1. The molecule has 19 heavy (non-hydrogen) atoms.